The molecule has 1 amide bonds. The maximum atomic E-state index is 12.6. The van der Waals surface area contributed by atoms with Crippen molar-refractivity contribution in [2.45, 2.75) is 25.3 Å². The van der Waals surface area contributed by atoms with Crippen LogP contribution in [0.2, 0.25) is 0 Å². The fourth-order valence-corrected chi connectivity index (χ4v) is 5.18. The van der Waals surface area contributed by atoms with E-state index >= 15 is 0 Å². The Hall–Kier alpha value is -2.57. The van der Waals surface area contributed by atoms with Gasteiger partial charge in [0.2, 0.25) is 0 Å². The third-order valence-corrected chi connectivity index (χ3v) is 6.55. The van der Waals surface area contributed by atoms with Crippen LogP contribution in [0.5, 0.6) is 0 Å². The minimum Gasteiger partial charge on any atom is -0.291 e. The van der Waals surface area contributed by atoms with Crippen LogP contribution in [0.25, 0.3) is 10.2 Å². The van der Waals surface area contributed by atoms with Gasteiger partial charge in [-0.2, -0.15) is 0 Å². The zero-order valence-electron chi connectivity index (χ0n) is 14.8. The number of nitrogens with zero attached hydrogens (tertiary/aromatic N) is 3. The summed E-state index contributed by atoms with van der Waals surface area (Å²) in [6.45, 7) is 1.34. The second-order valence-electron chi connectivity index (χ2n) is 7.06. The average molecular weight is 377 g/mol. The normalized spacial score (nSPS) is 20.4. The van der Waals surface area contributed by atoms with E-state index in [1.807, 2.05) is 30.3 Å². The predicted molar refractivity (Wildman–Crippen MR) is 106 cm³/mol. The fraction of sp³-hybridized carbons (Fsp3) is 0.286. The van der Waals surface area contributed by atoms with Gasteiger partial charge in [-0.1, -0.05) is 30.7 Å². The van der Waals surface area contributed by atoms with E-state index in [0.29, 0.717) is 12.2 Å². The third kappa shape index (κ3) is 2.76. The summed E-state index contributed by atoms with van der Waals surface area (Å²) in [4.78, 5) is 33.6. The van der Waals surface area contributed by atoms with Gasteiger partial charge >= 0.3 is 5.91 Å². The van der Waals surface area contributed by atoms with Crippen LogP contribution in [0, 0.1) is 0 Å². The van der Waals surface area contributed by atoms with Crippen molar-refractivity contribution in [3.05, 3.63) is 59.1 Å². The molecular weight excluding hydrogens is 358 g/mol. The van der Waals surface area contributed by atoms with Crippen LogP contribution in [0.4, 0.5) is 5.69 Å². The monoisotopic (exact) mass is 377 g/mol. The van der Waals surface area contributed by atoms with Crippen molar-refractivity contribution in [2.24, 2.45) is 0 Å². The highest BCUT2D eigenvalue weighted by Gasteiger charge is 2.38. The van der Waals surface area contributed by atoms with Gasteiger partial charge in [-0.15, -0.1) is 11.3 Å². The van der Waals surface area contributed by atoms with Gasteiger partial charge in [0.15, 0.2) is 0 Å². The Kier molecular flexibility index (Phi) is 4.02. The van der Waals surface area contributed by atoms with Gasteiger partial charge in [-0.3, -0.25) is 19.4 Å². The summed E-state index contributed by atoms with van der Waals surface area (Å²) in [6, 6.07) is 15.6. The molecule has 6 heteroatoms. The van der Waals surface area contributed by atoms with E-state index in [1.165, 1.54) is 4.70 Å². The molecule has 2 aliphatic heterocycles. The molecule has 0 N–H and O–H groups in total. The number of thiazole rings is 1. The van der Waals surface area contributed by atoms with E-state index in [2.05, 4.69) is 11.0 Å². The quantitative estimate of drug-likeness (QED) is 0.647. The molecule has 0 saturated carbocycles. The highest BCUT2D eigenvalue weighted by molar-refractivity contribution is 7.18. The lowest BCUT2D eigenvalue weighted by Gasteiger charge is -2.36. The van der Waals surface area contributed by atoms with E-state index in [9.17, 15) is 9.59 Å². The summed E-state index contributed by atoms with van der Waals surface area (Å²) in [5.41, 5.74) is 2.26. The first kappa shape index (κ1) is 16.6. The van der Waals surface area contributed by atoms with Crippen molar-refractivity contribution in [3.8, 4) is 0 Å². The molecule has 5 nitrogen and oxygen atoms in total. The molecule has 1 saturated heterocycles. The number of piperidine rings is 1. The molecule has 3 aromatic rings. The number of Topliss-reactive ketones (excluding diaryl/α,β-unsaturated/α-hetero) is 1. The van der Waals surface area contributed by atoms with E-state index in [-0.39, 0.29) is 6.04 Å². The highest BCUT2D eigenvalue weighted by atomic mass is 32.1. The van der Waals surface area contributed by atoms with Gasteiger partial charge in [-0.25, -0.2) is 4.98 Å². The Morgan fingerprint density at radius 2 is 1.85 bits per heavy atom. The van der Waals surface area contributed by atoms with Crippen LogP contribution in [-0.4, -0.2) is 34.8 Å². The van der Waals surface area contributed by atoms with Crippen molar-refractivity contribution in [2.75, 3.05) is 18.1 Å². The number of hydrogen-bond donors (Lipinski definition) is 0. The smallest absolute Gasteiger partial charge is 0.291 e. The molecule has 0 spiro atoms. The molecule has 2 aliphatic rings. The summed E-state index contributed by atoms with van der Waals surface area (Å²) in [5.74, 6) is -0.830. The summed E-state index contributed by atoms with van der Waals surface area (Å²) in [5, 5.41) is 1.10. The van der Waals surface area contributed by atoms with E-state index in [0.717, 1.165) is 42.0 Å². The van der Waals surface area contributed by atoms with Crippen LogP contribution < -0.4 is 4.90 Å². The highest BCUT2D eigenvalue weighted by Crippen LogP contribution is 2.37. The molecule has 1 unspecified atom stereocenters. The lowest BCUT2D eigenvalue weighted by atomic mass is 10.0. The zero-order chi connectivity index (χ0) is 18.4. The first-order valence-electron chi connectivity index (χ1n) is 9.27. The number of likely N-dealkylation sites (tertiary alicyclic amines) is 1. The summed E-state index contributed by atoms with van der Waals surface area (Å²) in [6.07, 6.45) is 3.27. The predicted octanol–water partition coefficient (Wildman–Crippen LogP) is 4.01. The van der Waals surface area contributed by atoms with Gasteiger partial charge in [0, 0.05) is 6.54 Å². The van der Waals surface area contributed by atoms with Crippen LogP contribution in [0.3, 0.4) is 0 Å². The number of aromatic nitrogens is 1. The molecule has 1 aromatic heterocycles. The molecule has 0 radical (unpaired) electrons. The Morgan fingerprint density at radius 3 is 2.74 bits per heavy atom. The molecule has 0 aliphatic carbocycles. The molecule has 27 heavy (non-hydrogen) atoms. The largest absolute Gasteiger partial charge is 0.300 e. The number of hydrogen-bond acceptors (Lipinski definition) is 5. The van der Waals surface area contributed by atoms with Crippen molar-refractivity contribution in [3.63, 3.8) is 0 Å². The zero-order valence-corrected chi connectivity index (χ0v) is 15.6. The Balaban J connectivity index is 1.46. The maximum Gasteiger partial charge on any atom is 0.300 e. The lowest BCUT2D eigenvalue weighted by Crippen LogP contribution is -2.44. The van der Waals surface area contributed by atoms with Gasteiger partial charge in [0.05, 0.1) is 34.2 Å². The van der Waals surface area contributed by atoms with Crippen LogP contribution in [0.15, 0.2) is 48.5 Å². The molecule has 5 rings (SSSR count). The summed E-state index contributed by atoms with van der Waals surface area (Å²) in [7, 11) is 0. The Labute approximate surface area is 161 Å². The number of ketones is 1. The number of rotatable bonds is 3. The average Bonchev–Trinajstić information content (AvgIpc) is 3.24. The maximum absolute atomic E-state index is 12.6. The van der Waals surface area contributed by atoms with Crippen molar-refractivity contribution in [1.82, 2.24) is 9.88 Å². The number of carbonyl (C=O) groups excluding carboxylic acids is 2. The topological polar surface area (TPSA) is 53.5 Å². The first-order chi connectivity index (χ1) is 13.2. The molecular formula is C21H19N3O2S. The number of para-hydroxylation sites is 2. The minimum atomic E-state index is -0.426. The number of fused-ring (bicyclic) bond motifs is 2. The van der Waals surface area contributed by atoms with Crippen molar-refractivity contribution < 1.29 is 9.59 Å². The number of anilines is 1. The second-order valence-corrected chi connectivity index (χ2v) is 8.13. The van der Waals surface area contributed by atoms with Gasteiger partial charge in [0.1, 0.15) is 5.01 Å². The second kappa shape index (κ2) is 6.55. The van der Waals surface area contributed by atoms with E-state index in [4.69, 9.17) is 4.98 Å². The molecule has 136 valence electrons. The lowest BCUT2D eigenvalue weighted by molar-refractivity contribution is -0.114. The first-order valence-corrected chi connectivity index (χ1v) is 10.1. The van der Waals surface area contributed by atoms with Gasteiger partial charge in [-0.05, 0) is 37.1 Å². The minimum absolute atomic E-state index is 0.187. The summed E-state index contributed by atoms with van der Waals surface area (Å²) < 4.78 is 1.19. The SMILES string of the molecule is O=C1C(=O)N(CN2CCCCC2c2nc3ccccc3s2)c2ccccc21. The van der Waals surface area contributed by atoms with E-state index in [1.54, 1.807) is 28.4 Å². The van der Waals surface area contributed by atoms with Gasteiger partial charge < -0.3 is 0 Å². The van der Waals surface area contributed by atoms with Gasteiger partial charge in [0.25, 0.3) is 5.78 Å². The summed E-state index contributed by atoms with van der Waals surface area (Å²) >= 11 is 1.73. The van der Waals surface area contributed by atoms with Crippen LogP contribution >= 0.6 is 11.3 Å². The Morgan fingerprint density at radius 1 is 1.04 bits per heavy atom. The standard InChI is InChI=1S/C21H19N3O2S/c25-19-14-7-1-3-9-16(14)24(21(19)26)13-23-12-6-5-10-17(23)20-22-15-8-2-4-11-18(15)27-20/h1-4,7-9,11,17H,5-6,10,12-13H2. The van der Waals surface area contributed by atoms with Crippen LogP contribution in [-0.2, 0) is 4.79 Å². The third-order valence-electron chi connectivity index (χ3n) is 5.41. The fourth-order valence-electron chi connectivity index (χ4n) is 4.04. The molecule has 1 fully saturated rings. The molecule has 3 heterocycles. The molecule has 2 aromatic carbocycles. The Bertz CT molecular complexity index is 1010. The van der Waals surface area contributed by atoms with E-state index < -0.39 is 11.7 Å². The number of carbonyl (C=O) groups is 2. The van der Waals surface area contributed by atoms with Crippen molar-refractivity contribution in [1.29, 1.82) is 0 Å². The number of benzene rings is 2. The molecule has 0 bridgehead atoms. The number of amides is 1. The van der Waals surface area contributed by atoms with Crippen LogP contribution in [0.1, 0.15) is 40.7 Å². The molecule has 1 atom stereocenters. The van der Waals surface area contributed by atoms with Crippen molar-refractivity contribution >= 4 is 38.9 Å².